The molecule has 5 heteroatoms. The van der Waals surface area contributed by atoms with E-state index in [2.05, 4.69) is 16.0 Å². The molecular weight excluding hydrogens is 264 g/mol. The SMILES string of the molecule is Cc1ccnc(N2CCc3cccc(N)c3C2)c1C(N)=O. The maximum atomic E-state index is 11.7. The Morgan fingerprint density at radius 3 is 2.90 bits per heavy atom. The molecule has 0 spiro atoms. The van der Waals surface area contributed by atoms with Gasteiger partial charge in [-0.1, -0.05) is 12.1 Å². The Morgan fingerprint density at radius 2 is 2.14 bits per heavy atom. The number of amides is 1. The zero-order chi connectivity index (χ0) is 15.0. The molecule has 2 heterocycles. The third kappa shape index (κ3) is 2.31. The fourth-order valence-corrected chi connectivity index (χ4v) is 2.88. The summed E-state index contributed by atoms with van der Waals surface area (Å²) in [5.41, 5.74) is 16.1. The lowest BCUT2D eigenvalue weighted by atomic mass is 9.97. The summed E-state index contributed by atoms with van der Waals surface area (Å²) >= 11 is 0. The third-order valence-corrected chi connectivity index (χ3v) is 3.99. The van der Waals surface area contributed by atoms with Crippen LogP contribution in [0.1, 0.15) is 27.0 Å². The Bertz CT molecular complexity index is 711. The summed E-state index contributed by atoms with van der Waals surface area (Å²) in [6.45, 7) is 3.32. The van der Waals surface area contributed by atoms with Crippen molar-refractivity contribution in [3.8, 4) is 0 Å². The maximum Gasteiger partial charge on any atom is 0.252 e. The van der Waals surface area contributed by atoms with Crippen LogP contribution >= 0.6 is 0 Å². The van der Waals surface area contributed by atoms with Gasteiger partial charge in [0.05, 0.1) is 5.56 Å². The topological polar surface area (TPSA) is 85.2 Å². The van der Waals surface area contributed by atoms with Crippen molar-refractivity contribution >= 4 is 17.4 Å². The summed E-state index contributed by atoms with van der Waals surface area (Å²) in [5, 5.41) is 0. The van der Waals surface area contributed by atoms with Gasteiger partial charge in [-0.25, -0.2) is 4.98 Å². The molecule has 0 unspecified atom stereocenters. The van der Waals surface area contributed by atoms with Crippen LogP contribution in [0.15, 0.2) is 30.5 Å². The second kappa shape index (κ2) is 5.09. The van der Waals surface area contributed by atoms with Gasteiger partial charge in [-0.05, 0) is 42.2 Å². The minimum absolute atomic E-state index is 0.442. The van der Waals surface area contributed by atoms with E-state index in [0.29, 0.717) is 17.9 Å². The molecule has 0 fully saturated rings. The number of anilines is 2. The summed E-state index contributed by atoms with van der Waals surface area (Å²) in [6, 6.07) is 7.78. The molecule has 1 aliphatic rings. The number of rotatable bonds is 2. The minimum atomic E-state index is -0.442. The van der Waals surface area contributed by atoms with Gasteiger partial charge in [-0.3, -0.25) is 4.79 Å². The van der Waals surface area contributed by atoms with E-state index in [1.54, 1.807) is 12.3 Å². The molecule has 0 saturated heterocycles. The normalized spacial score (nSPS) is 13.9. The Hall–Kier alpha value is -2.56. The van der Waals surface area contributed by atoms with Gasteiger partial charge in [0.15, 0.2) is 0 Å². The molecule has 0 radical (unpaired) electrons. The zero-order valence-electron chi connectivity index (χ0n) is 12.0. The van der Waals surface area contributed by atoms with E-state index >= 15 is 0 Å². The first-order chi connectivity index (χ1) is 10.1. The standard InChI is InChI=1S/C16H18N4O/c1-10-5-7-19-16(14(10)15(18)21)20-8-6-11-3-2-4-13(17)12(11)9-20/h2-5,7H,6,8-9,17H2,1H3,(H2,18,21). The van der Waals surface area contributed by atoms with E-state index < -0.39 is 5.91 Å². The van der Waals surface area contributed by atoms with Crippen molar-refractivity contribution in [3.63, 3.8) is 0 Å². The second-order valence-corrected chi connectivity index (χ2v) is 5.35. The number of pyridine rings is 1. The zero-order valence-corrected chi connectivity index (χ0v) is 12.0. The number of carbonyl (C=O) groups excluding carboxylic acids is 1. The molecule has 1 aliphatic heterocycles. The molecule has 2 aromatic rings. The van der Waals surface area contributed by atoms with Crippen molar-refractivity contribution < 1.29 is 4.79 Å². The van der Waals surface area contributed by atoms with Crippen LogP contribution in [0.4, 0.5) is 11.5 Å². The Morgan fingerprint density at radius 1 is 1.33 bits per heavy atom. The third-order valence-electron chi connectivity index (χ3n) is 3.99. The van der Waals surface area contributed by atoms with Gasteiger partial charge in [0.25, 0.3) is 5.91 Å². The summed E-state index contributed by atoms with van der Waals surface area (Å²) < 4.78 is 0. The van der Waals surface area contributed by atoms with Crippen LogP contribution in [0.5, 0.6) is 0 Å². The number of hydrogen-bond acceptors (Lipinski definition) is 4. The lowest BCUT2D eigenvalue weighted by molar-refractivity contribution is 0.1000. The van der Waals surface area contributed by atoms with Crippen molar-refractivity contribution in [2.45, 2.75) is 19.9 Å². The molecule has 1 aromatic heterocycles. The Balaban J connectivity index is 2.03. The molecule has 3 rings (SSSR count). The van der Waals surface area contributed by atoms with E-state index in [9.17, 15) is 4.79 Å². The molecular formula is C16H18N4O. The van der Waals surface area contributed by atoms with E-state index in [0.717, 1.165) is 29.8 Å². The highest BCUT2D eigenvalue weighted by atomic mass is 16.1. The largest absolute Gasteiger partial charge is 0.398 e. The van der Waals surface area contributed by atoms with Crippen LogP contribution in [0.25, 0.3) is 0 Å². The minimum Gasteiger partial charge on any atom is -0.398 e. The van der Waals surface area contributed by atoms with Crippen LogP contribution in [-0.4, -0.2) is 17.4 Å². The van der Waals surface area contributed by atoms with E-state index in [4.69, 9.17) is 11.5 Å². The van der Waals surface area contributed by atoms with Gasteiger partial charge < -0.3 is 16.4 Å². The van der Waals surface area contributed by atoms with E-state index in [1.807, 2.05) is 19.1 Å². The van der Waals surface area contributed by atoms with Crippen molar-refractivity contribution in [3.05, 3.63) is 52.7 Å². The summed E-state index contributed by atoms with van der Waals surface area (Å²) in [5.74, 6) is 0.207. The summed E-state index contributed by atoms with van der Waals surface area (Å²) in [7, 11) is 0. The number of fused-ring (bicyclic) bond motifs is 1. The van der Waals surface area contributed by atoms with Crippen molar-refractivity contribution in [2.75, 3.05) is 17.2 Å². The van der Waals surface area contributed by atoms with Crippen molar-refractivity contribution in [2.24, 2.45) is 5.73 Å². The van der Waals surface area contributed by atoms with E-state index in [-0.39, 0.29) is 0 Å². The molecule has 108 valence electrons. The second-order valence-electron chi connectivity index (χ2n) is 5.35. The number of nitrogens with two attached hydrogens (primary N) is 2. The molecule has 1 amide bonds. The van der Waals surface area contributed by atoms with Crippen molar-refractivity contribution in [1.82, 2.24) is 4.98 Å². The maximum absolute atomic E-state index is 11.7. The highest BCUT2D eigenvalue weighted by Gasteiger charge is 2.23. The fourth-order valence-electron chi connectivity index (χ4n) is 2.88. The molecule has 0 aliphatic carbocycles. The van der Waals surface area contributed by atoms with Crippen molar-refractivity contribution in [1.29, 1.82) is 0 Å². The Labute approximate surface area is 123 Å². The first-order valence-electron chi connectivity index (χ1n) is 6.94. The van der Waals surface area contributed by atoms with Crippen LogP contribution in [0.3, 0.4) is 0 Å². The Kier molecular flexibility index (Phi) is 3.25. The fraction of sp³-hybridized carbons (Fsp3) is 0.250. The smallest absolute Gasteiger partial charge is 0.252 e. The molecule has 5 nitrogen and oxygen atoms in total. The lowest BCUT2D eigenvalue weighted by Gasteiger charge is -2.31. The summed E-state index contributed by atoms with van der Waals surface area (Å²) in [4.78, 5) is 18.2. The molecule has 4 N–H and O–H groups in total. The van der Waals surface area contributed by atoms with Gasteiger partial charge in [0, 0.05) is 25.0 Å². The average Bonchev–Trinajstić information content (AvgIpc) is 2.46. The monoisotopic (exact) mass is 282 g/mol. The summed E-state index contributed by atoms with van der Waals surface area (Å²) in [6.07, 6.45) is 2.59. The van der Waals surface area contributed by atoms with Crippen LogP contribution in [0.2, 0.25) is 0 Å². The number of primary amides is 1. The van der Waals surface area contributed by atoms with Gasteiger partial charge in [0.2, 0.25) is 0 Å². The molecule has 0 saturated carbocycles. The molecule has 0 bridgehead atoms. The van der Waals surface area contributed by atoms with Crippen LogP contribution in [0, 0.1) is 6.92 Å². The highest BCUT2D eigenvalue weighted by molar-refractivity contribution is 5.99. The average molecular weight is 282 g/mol. The first-order valence-corrected chi connectivity index (χ1v) is 6.94. The number of hydrogen-bond donors (Lipinski definition) is 2. The van der Waals surface area contributed by atoms with Gasteiger partial charge in [0.1, 0.15) is 5.82 Å². The number of benzene rings is 1. The highest BCUT2D eigenvalue weighted by Crippen LogP contribution is 2.29. The van der Waals surface area contributed by atoms with Gasteiger partial charge in [-0.15, -0.1) is 0 Å². The van der Waals surface area contributed by atoms with Crippen LogP contribution < -0.4 is 16.4 Å². The predicted molar refractivity (Wildman–Crippen MR) is 83.1 cm³/mol. The van der Waals surface area contributed by atoms with Crippen LogP contribution in [-0.2, 0) is 13.0 Å². The number of nitrogen functional groups attached to an aromatic ring is 1. The molecule has 0 atom stereocenters. The molecule has 21 heavy (non-hydrogen) atoms. The van der Waals surface area contributed by atoms with E-state index in [1.165, 1.54) is 5.56 Å². The number of aryl methyl sites for hydroxylation is 1. The first kappa shape index (κ1) is 13.4. The lowest BCUT2D eigenvalue weighted by Crippen LogP contribution is -2.33. The predicted octanol–water partition coefficient (Wildman–Crippen LogP) is 1.63. The number of aromatic nitrogens is 1. The quantitative estimate of drug-likeness (QED) is 0.820. The van der Waals surface area contributed by atoms with Gasteiger partial charge in [-0.2, -0.15) is 0 Å². The van der Waals surface area contributed by atoms with Gasteiger partial charge >= 0.3 is 0 Å². The number of carbonyl (C=O) groups is 1. The molecule has 1 aromatic carbocycles. The number of nitrogens with zero attached hydrogens (tertiary/aromatic N) is 2.